The zero-order chi connectivity index (χ0) is 11.1. The average Bonchev–Trinajstić information content (AvgIpc) is 2.66. The van der Waals surface area contributed by atoms with Gasteiger partial charge in [0.15, 0.2) is 5.13 Å². The number of hydrogen-bond acceptors (Lipinski definition) is 5. The lowest BCUT2D eigenvalue weighted by Gasteiger charge is -2.05. The van der Waals surface area contributed by atoms with E-state index in [0.29, 0.717) is 5.92 Å². The van der Waals surface area contributed by atoms with Crippen molar-refractivity contribution in [3.8, 4) is 0 Å². The van der Waals surface area contributed by atoms with Crippen LogP contribution in [0.5, 0.6) is 0 Å². The fourth-order valence-corrected chi connectivity index (χ4v) is 3.08. The van der Waals surface area contributed by atoms with Crippen molar-refractivity contribution in [1.82, 2.24) is 4.98 Å². The van der Waals surface area contributed by atoms with Gasteiger partial charge in [-0.05, 0) is 18.6 Å². The summed E-state index contributed by atoms with van der Waals surface area (Å²) in [5, 5.41) is 13.1. The fraction of sp³-hybridized carbons (Fsp3) is 0.700. The molecule has 1 aromatic rings. The van der Waals surface area contributed by atoms with Gasteiger partial charge in [0.25, 0.3) is 0 Å². The number of hydrogen-bond donors (Lipinski definition) is 2. The molecule has 0 saturated heterocycles. The summed E-state index contributed by atoms with van der Waals surface area (Å²) in [7, 11) is 0. The summed E-state index contributed by atoms with van der Waals surface area (Å²) in [5.41, 5.74) is 0. The lowest BCUT2D eigenvalue weighted by molar-refractivity contribution is 0.250. The molecule has 1 unspecified atom stereocenters. The first-order valence-electron chi connectivity index (χ1n) is 5.13. The van der Waals surface area contributed by atoms with Gasteiger partial charge in [0.05, 0.1) is 0 Å². The van der Waals surface area contributed by atoms with Crippen molar-refractivity contribution in [2.45, 2.75) is 19.6 Å². The van der Waals surface area contributed by atoms with Crippen molar-refractivity contribution in [3.05, 3.63) is 11.1 Å². The van der Waals surface area contributed by atoms with E-state index in [0.717, 1.165) is 23.2 Å². The Morgan fingerprint density at radius 1 is 1.67 bits per heavy atom. The Morgan fingerprint density at radius 3 is 3.13 bits per heavy atom. The number of anilines is 1. The third-order valence-electron chi connectivity index (χ3n) is 1.84. The van der Waals surface area contributed by atoms with E-state index >= 15 is 0 Å². The molecule has 2 N–H and O–H groups in total. The van der Waals surface area contributed by atoms with Gasteiger partial charge >= 0.3 is 0 Å². The average molecular weight is 246 g/mol. The standard InChI is InChI=1S/C10H18N2OS2/c1-3-11-10-12-4-9(15-10)7-14-6-8(2)5-13/h4,8,13H,3,5-7H2,1-2H3,(H,11,12). The molecule has 1 rings (SSSR count). The highest BCUT2D eigenvalue weighted by Crippen LogP contribution is 2.23. The Hall–Kier alpha value is -0.260. The van der Waals surface area contributed by atoms with Gasteiger partial charge in [0, 0.05) is 30.0 Å². The molecule has 5 heteroatoms. The number of thiazole rings is 1. The van der Waals surface area contributed by atoms with Crippen molar-refractivity contribution in [2.75, 3.05) is 24.2 Å². The molecule has 0 aromatic carbocycles. The summed E-state index contributed by atoms with van der Waals surface area (Å²) in [6.07, 6.45) is 1.93. The molecular formula is C10H18N2OS2. The Kier molecular flexibility index (Phi) is 6.05. The predicted octanol–water partition coefficient (Wildman–Crippen LogP) is 2.44. The summed E-state index contributed by atoms with van der Waals surface area (Å²) in [5.74, 6) is 2.38. The highest BCUT2D eigenvalue weighted by atomic mass is 32.2. The van der Waals surface area contributed by atoms with Crippen LogP contribution in [0.25, 0.3) is 0 Å². The third-order valence-corrected chi connectivity index (χ3v) is 4.30. The maximum absolute atomic E-state index is 8.87. The molecule has 0 fully saturated rings. The van der Waals surface area contributed by atoms with Crippen LogP contribution in [0.3, 0.4) is 0 Å². The first-order valence-corrected chi connectivity index (χ1v) is 7.10. The van der Waals surface area contributed by atoms with Gasteiger partial charge in [-0.25, -0.2) is 4.98 Å². The molecule has 15 heavy (non-hydrogen) atoms. The van der Waals surface area contributed by atoms with Crippen LogP contribution in [0.1, 0.15) is 18.7 Å². The predicted molar refractivity (Wildman–Crippen MR) is 68.7 cm³/mol. The number of aliphatic hydroxyl groups excluding tert-OH is 1. The number of thioether (sulfide) groups is 1. The van der Waals surface area contributed by atoms with Gasteiger partial charge in [0.1, 0.15) is 0 Å². The fourth-order valence-electron chi connectivity index (χ4n) is 1.02. The molecule has 0 aliphatic heterocycles. The summed E-state index contributed by atoms with van der Waals surface area (Å²) in [4.78, 5) is 5.56. The number of aliphatic hydroxyl groups is 1. The number of nitrogens with one attached hydrogen (secondary N) is 1. The Bertz CT molecular complexity index is 278. The Morgan fingerprint density at radius 2 is 2.47 bits per heavy atom. The SMILES string of the molecule is CCNc1ncc(CSCC(C)CO)s1. The minimum Gasteiger partial charge on any atom is -0.396 e. The van der Waals surface area contributed by atoms with Crippen LogP contribution in [-0.2, 0) is 5.75 Å². The van der Waals surface area contributed by atoms with Crippen LogP contribution in [0.15, 0.2) is 6.20 Å². The minimum absolute atomic E-state index is 0.276. The lowest BCUT2D eigenvalue weighted by Crippen LogP contribution is -2.03. The Labute approximate surface area is 99.3 Å². The smallest absolute Gasteiger partial charge is 0.182 e. The number of aromatic nitrogens is 1. The first-order chi connectivity index (χ1) is 7.26. The van der Waals surface area contributed by atoms with Crippen molar-refractivity contribution in [2.24, 2.45) is 5.92 Å². The van der Waals surface area contributed by atoms with E-state index in [4.69, 9.17) is 5.11 Å². The molecule has 0 aliphatic rings. The van der Waals surface area contributed by atoms with Gasteiger partial charge < -0.3 is 10.4 Å². The normalized spacial score (nSPS) is 12.7. The molecule has 0 spiro atoms. The van der Waals surface area contributed by atoms with Crippen molar-refractivity contribution in [3.63, 3.8) is 0 Å². The molecule has 1 atom stereocenters. The molecule has 0 radical (unpaired) electrons. The zero-order valence-electron chi connectivity index (χ0n) is 9.19. The van der Waals surface area contributed by atoms with Crippen LogP contribution in [0.2, 0.25) is 0 Å². The first kappa shape index (κ1) is 12.8. The molecule has 1 aromatic heterocycles. The van der Waals surface area contributed by atoms with E-state index in [-0.39, 0.29) is 6.61 Å². The van der Waals surface area contributed by atoms with Crippen molar-refractivity contribution in [1.29, 1.82) is 0 Å². The van der Waals surface area contributed by atoms with Crippen LogP contribution < -0.4 is 5.32 Å². The van der Waals surface area contributed by atoms with Gasteiger partial charge in [-0.1, -0.05) is 6.92 Å². The second kappa shape index (κ2) is 7.09. The van der Waals surface area contributed by atoms with Gasteiger partial charge in [0.2, 0.25) is 0 Å². The highest BCUT2D eigenvalue weighted by molar-refractivity contribution is 7.98. The van der Waals surface area contributed by atoms with Crippen LogP contribution >= 0.6 is 23.1 Å². The van der Waals surface area contributed by atoms with Crippen molar-refractivity contribution >= 4 is 28.2 Å². The molecule has 1 heterocycles. The molecular weight excluding hydrogens is 228 g/mol. The Balaban J connectivity index is 2.25. The highest BCUT2D eigenvalue weighted by Gasteiger charge is 2.03. The summed E-state index contributed by atoms with van der Waals surface area (Å²) in [6.45, 7) is 5.32. The van der Waals surface area contributed by atoms with E-state index in [1.165, 1.54) is 4.88 Å². The number of rotatable bonds is 7. The van der Waals surface area contributed by atoms with Crippen LogP contribution in [-0.4, -0.2) is 29.0 Å². The summed E-state index contributed by atoms with van der Waals surface area (Å²) < 4.78 is 0. The zero-order valence-corrected chi connectivity index (χ0v) is 10.8. The summed E-state index contributed by atoms with van der Waals surface area (Å²) >= 11 is 3.56. The lowest BCUT2D eigenvalue weighted by atomic mass is 10.2. The molecule has 0 amide bonds. The third kappa shape index (κ3) is 4.86. The number of nitrogens with zero attached hydrogens (tertiary/aromatic N) is 1. The van der Waals surface area contributed by atoms with Gasteiger partial charge in [-0.3, -0.25) is 0 Å². The van der Waals surface area contributed by atoms with Gasteiger partial charge in [-0.2, -0.15) is 11.8 Å². The largest absolute Gasteiger partial charge is 0.396 e. The molecule has 0 aliphatic carbocycles. The maximum atomic E-state index is 8.87. The second-order valence-electron chi connectivity index (χ2n) is 3.46. The molecule has 0 saturated carbocycles. The molecule has 0 bridgehead atoms. The van der Waals surface area contributed by atoms with E-state index < -0.39 is 0 Å². The minimum atomic E-state index is 0.276. The van der Waals surface area contributed by atoms with Crippen LogP contribution in [0.4, 0.5) is 5.13 Å². The second-order valence-corrected chi connectivity index (χ2v) is 5.61. The van der Waals surface area contributed by atoms with E-state index in [1.807, 2.05) is 18.0 Å². The molecule has 86 valence electrons. The van der Waals surface area contributed by atoms with Gasteiger partial charge in [-0.15, -0.1) is 11.3 Å². The summed E-state index contributed by atoms with van der Waals surface area (Å²) in [6, 6.07) is 0. The van der Waals surface area contributed by atoms with E-state index in [9.17, 15) is 0 Å². The van der Waals surface area contributed by atoms with E-state index in [2.05, 4.69) is 24.1 Å². The van der Waals surface area contributed by atoms with Crippen LogP contribution in [0, 0.1) is 5.92 Å². The quantitative estimate of drug-likeness (QED) is 0.775. The maximum Gasteiger partial charge on any atom is 0.182 e. The van der Waals surface area contributed by atoms with Crippen molar-refractivity contribution < 1.29 is 5.11 Å². The molecule has 3 nitrogen and oxygen atoms in total. The van der Waals surface area contributed by atoms with E-state index in [1.54, 1.807) is 11.3 Å². The monoisotopic (exact) mass is 246 g/mol. The topological polar surface area (TPSA) is 45.2 Å².